The smallest absolute Gasteiger partial charge is 0.338 e. The van der Waals surface area contributed by atoms with Crippen LogP contribution in [0.15, 0.2) is 48.5 Å². The van der Waals surface area contributed by atoms with Gasteiger partial charge in [0.2, 0.25) is 5.91 Å². The summed E-state index contributed by atoms with van der Waals surface area (Å²) in [5.74, 6) is -3.58. The molecule has 0 unspecified atom stereocenters. The van der Waals surface area contributed by atoms with Crippen LogP contribution in [0.2, 0.25) is 5.02 Å². The average molecular weight is 530 g/mol. The minimum absolute atomic E-state index is 0.0728. The Morgan fingerprint density at radius 3 is 2.43 bits per heavy atom. The van der Waals surface area contributed by atoms with E-state index >= 15 is 0 Å². The molecule has 3 rings (SSSR count). The predicted molar refractivity (Wildman–Crippen MR) is 135 cm³/mol. The van der Waals surface area contributed by atoms with Crippen LogP contribution >= 0.6 is 11.6 Å². The Bertz CT molecular complexity index is 1150. The number of nitrogens with one attached hydrogen (secondary N) is 2. The van der Waals surface area contributed by atoms with Crippen molar-refractivity contribution in [2.75, 3.05) is 24.7 Å². The summed E-state index contributed by atoms with van der Waals surface area (Å²) >= 11 is 5.93. The molecule has 0 spiro atoms. The van der Waals surface area contributed by atoms with Crippen LogP contribution in [-0.4, -0.2) is 49.4 Å². The summed E-state index contributed by atoms with van der Waals surface area (Å²) in [5, 5.41) is 0.216. The van der Waals surface area contributed by atoms with Crippen molar-refractivity contribution in [3.05, 3.63) is 64.7 Å². The van der Waals surface area contributed by atoms with Gasteiger partial charge in [0.1, 0.15) is 0 Å². The SMILES string of the molecule is CCCCCOC(=O)c1ccc(N2C[C@H](C(=O)OCC(=O)NNC(=O)c3ccccc3Cl)CC2=O)cc1. The maximum Gasteiger partial charge on any atom is 0.338 e. The van der Waals surface area contributed by atoms with Crippen LogP contribution in [0.4, 0.5) is 5.69 Å². The van der Waals surface area contributed by atoms with Crippen LogP contribution in [-0.2, 0) is 23.9 Å². The Labute approximate surface area is 219 Å². The van der Waals surface area contributed by atoms with Crippen molar-refractivity contribution in [3.8, 4) is 0 Å². The predicted octanol–water partition coefficient (Wildman–Crippen LogP) is 3.04. The van der Waals surface area contributed by atoms with E-state index in [-0.39, 0.29) is 29.5 Å². The quantitative estimate of drug-likeness (QED) is 0.275. The van der Waals surface area contributed by atoms with Gasteiger partial charge < -0.3 is 14.4 Å². The van der Waals surface area contributed by atoms with Gasteiger partial charge in [-0.2, -0.15) is 0 Å². The number of halogens is 1. The van der Waals surface area contributed by atoms with E-state index in [1.165, 1.54) is 17.0 Å². The first-order valence-corrected chi connectivity index (χ1v) is 12.3. The lowest BCUT2D eigenvalue weighted by molar-refractivity contribution is -0.152. The van der Waals surface area contributed by atoms with Crippen molar-refractivity contribution >= 4 is 46.9 Å². The van der Waals surface area contributed by atoms with Gasteiger partial charge >= 0.3 is 11.9 Å². The summed E-state index contributed by atoms with van der Waals surface area (Å²) in [6.45, 7) is 1.85. The molecule has 1 saturated heterocycles. The van der Waals surface area contributed by atoms with Crippen molar-refractivity contribution in [2.24, 2.45) is 5.92 Å². The second kappa shape index (κ2) is 13.4. The Balaban J connectivity index is 1.44. The molecule has 10 nitrogen and oxygen atoms in total. The Kier molecular flexibility index (Phi) is 10.0. The number of esters is 2. The first-order valence-electron chi connectivity index (χ1n) is 11.9. The molecule has 2 aromatic rings. The number of hydrogen-bond donors (Lipinski definition) is 2. The van der Waals surface area contributed by atoms with Gasteiger partial charge in [-0.25, -0.2) is 4.79 Å². The fraction of sp³-hybridized carbons (Fsp3) is 0.346. The monoisotopic (exact) mass is 529 g/mol. The molecule has 2 N–H and O–H groups in total. The maximum absolute atomic E-state index is 12.5. The summed E-state index contributed by atoms with van der Waals surface area (Å²) in [6, 6.07) is 12.7. The summed E-state index contributed by atoms with van der Waals surface area (Å²) < 4.78 is 10.2. The van der Waals surface area contributed by atoms with Gasteiger partial charge in [-0.1, -0.05) is 43.5 Å². The normalized spacial score (nSPS) is 14.7. The number of nitrogens with zero attached hydrogens (tertiary/aromatic N) is 1. The number of anilines is 1. The molecule has 11 heteroatoms. The van der Waals surface area contributed by atoms with Crippen LogP contribution in [0.1, 0.15) is 53.3 Å². The lowest BCUT2D eigenvalue weighted by Crippen LogP contribution is -2.44. The summed E-state index contributed by atoms with van der Waals surface area (Å²) in [7, 11) is 0. The van der Waals surface area contributed by atoms with E-state index in [2.05, 4.69) is 17.8 Å². The van der Waals surface area contributed by atoms with Crippen LogP contribution < -0.4 is 15.8 Å². The lowest BCUT2D eigenvalue weighted by atomic mass is 10.1. The van der Waals surface area contributed by atoms with Crippen molar-refractivity contribution in [1.29, 1.82) is 0 Å². The minimum Gasteiger partial charge on any atom is -0.462 e. The number of carbonyl (C=O) groups is 5. The molecule has 37 heavy (non-hydrogen) atoms. The highest BCUT2D eigenvalue weighted by atomic mass is 35.5. The third-order valence-corrected chi connectivity index (χ3v) is 5.96. The topological polar surface area (TPSA) is 131 Å². The Morgan fingerprint density at radius 1 is 1.00 bits per heavy atom. The van der Waals surface area contributed by atoms with Gasteiger partial charge in [0.25, 0.3) is 11.8 Å². The third kappa shape index (κ3) is 7.78. The molecule has 196 valence electrons. The Hall–Kier alpha value is -3.92. The largest absolute Gasteiger partial charge is 0.462 e. The fourth-order valence-corrected chi connectivity index (χ4v) is 3.84. The van der Waals surface area contributed by atoms with Gasteiger partial charge in [0, 0.05) is 18.7 Å². The number of unbranched alkanes of at least 4 members (excludes halogenated alkanes) is 2. The molecule has 1 aliphatic heterocycles. The molecule has 0 aliphatic carbocycles. The first-order chi connectivity index (χ1) is 17.8. The zero-order chi connectivity index (χ0) is 26.8. The van der Waals surface area contributed by atoms with E-state index in [1.54, 1.807) is 36.4 Å². The number of ether oxygens (including phenoxy) is 2. The molecule has 1 heterocycles. The van der Waals surface area contributed by atoms with Gasteiger partial charge in [-0.3, -0.25) is 30.0 Å². The highest BCUT2D eigenvalue weighted by Crippen LogP contribution is 2.26. The first kappa shape index (κ1) is 27.7. The van der Waals surface area contributed by atoms with E-state index in [1.807, 2.05) is 0 Å². The van der Waals surface area contributed by atoms with Crippen molar-refractivity contribution in [3.63, 3.8) is 0 Å². The van der Waals surface area contributed by atoms with E-state index in [4.69, 9.17) is 21.1 Å². The molecule has 1 fully saturated rings. The van der Waals surface area contributed by atoms with Crippen molar-refractivity contribution in [2.45, 2.75) is 32.6 Å². The highest BCUT2D eigenvalue weighted by Gasteiger charge is 2.36. The standard InChI is InChI=1S/C26H28ClN3O7/c1-2-3-6-13-36-25(34)17-9-11-19(12-10-17)30-15-18(14-23(30)32)26(35)37-16-22(31)28-29-24(33)20-7-4-5-8-21(20)27/h4-5,7-12,18H,2-3,6,13-16H2,1H3,(H,28,31)(H,29,33)/t18-/m1/s1. The number of carbonyl (C=O) groups excluding carboxylic acids is 5. The zero-order valence-electron chi connectivity index (χ0n) is 20.3. The Morgan fingerprint density at radius 2 is 1.73 bits per heavy atom. The van der Waals surface area contributed by atoms with Gasteiger partial charge in [0.05, 0.1) is 28.7 Å². The summed E-state index contributed by atoms with van der Waals surface area (Å²) in [4.78, 5) is 62.5. The molecule has 1 aliphatic rings. The summed E-state index contributed by atoms with van der Waals surface area (Å²) in [6.07, 6.45) is 2.74. The van der Waals surface area contributed by atoms with Crippen LogP contribution in [0.25, 0.3) is 0 Å². The maximum atomic E-state index is 12.5. The lowest BCUT2D eigenvalue weighted by Gasteiger charge is -2.17. The number of rotatable bonds is 10. The second-order valence-electron chi connectivity index (χ2n) is 8.39. The van der Waals surface area contributed by atoms with Crippen LogP contribution in [0.5, 0.6) is 0 Å². The zero-order valence-corrected chi connectivity index (χ0v) is 21.1. The molecule has 0 aromatic heterocycles. The molecule has 0 saturated carbocycles. The van der Waals surface area contributed by atoms with E-state index in [0.29, 0.717) is 17.9 Å². The molecular formula is C26H28ClN3O7. The number of hydrazine groups is 1. The van der Waals surface area contributed by atoms with Gasteiger partial charge in [-0.05, 0) is 42.8 Å². The molecule has 0 radical (unpaired) electrons. The van der Waals surface area contributed by atoms with Crippen LogP contribution in [0, 0.1) is 5.92 Å². The third-order valence-electron chi connectivity index (χ3n) is 5.63. The number of benzene rings is 2. The molecular weight excluding hydrogens is 502 g/mol. The van der Waals surface area contributed by atoms with Crippen LogP contribution in [0.3, 0.4) is 0 Å². The van der Waals surface area contributed by atoms with E-state index in [9.17, 15) is 24.0 Å². The van der Waals surface area contributed by atoms with Crippen molar-refractivity contribution < 1.29 is 33.4 Å². The number of hydrogen-bond acceptors (Lipinski definition) is 7. The molecule has 3 amide bonds. The molecule has 2 aromatic carbocycles. The van der Waals surface area contributed by atoms with E-state index in [0.717, 1.165) is 19.3 Å². The fourth-order valence-electron chi connectivity index (χ4n) is 3.62. The van der Waals surface area contributed by atoms with E-state index < -0.39 is 36.3 Å². The van der Waals surface area contributed by atoms with Gasteiger partial charge in [-0.15, -0.1) is 0 Å². The minimum atomic E-state index is -0.763. The number of amides is 3. The summed E-state index contributed by atoms with van der Waals surface area (Å²) in [5.41, 5.74) is 5.40. The average Bonchev–Trinajstić information content (AvgIpc) is 3.30. The van der Waals surface area contributed by atoms with Gasteiger partial charge in [0.15, 0.2) is 6.61 Å². The van der Waals surface area contributed by atoms with Crippen molar-refractivity contribution in [1.82, 2.24) is 10.9 Å². The second-order valence-corrected chi connectivity index (χ2v) is 8.79. The molecule has 1 atom stereocenters. The molecule has 0 bridgehead atoms. The highest BCUT2D eigenvalue weighted by molar-refractivity contribution is 6.33.